The molecule has 0 amide bonds. The van der Waals surface area contributed by atoms with Crippen LogP contribution < -0.4 is 4.90 Å². The number of piperidine rings is 1. The minimum Gasteiger partial charge on any atom is -0.335 e. The van der Waals surface area contributed by atoms with Crippen LogP contribution >= 0.6 is 0 Å². The van der Waals surface area contributed by atoms with Crippen LogP contribution in [0.5, 0.6) is 0 Å². The number of hydrogen-bond donors (Lipinski definition) is 0. The van der Waals surface area contributed by atoms with E-state index in [1.807, 2.05) is 11.7 Å². The Hall–Kier alpha value is -2.10. The highest BCUT2D eigenvalue weighted by atomic mass is 15.6. The lowest BCUT2D eigenvalue weighted by Gasteiger charge is -2.36. The van der Waals surface area contributed by atoms with Crippen molar-refractivity contribution in [2.75, 3.05) is 24.5 Å². The molecule has 10 heteroatoms. The summed E-state index contributed by atoms with van der Waals surface area (Å²) in [7, 11) is 1.91. The minimum absolute atomic E-state index is 0.471. The van der Waals surface area contributed by atoms with Crippen molar-refractivity contribution < 1.29 is 0 Å². The summed E-state index contributed by atoms with van der Waals surface area (Å²) in [6.07, 6.45) is 3.49. The van der Waals surface area contributed by atoms with E-state index in [1.165, 1.54) is 12.8 Å². The molecule has 4 rings (SSSR count). The predicted octanol–water partition coefficient (Wildman–Crippen LogP) is -0.293. The molecule has 24 heavy (non-hydrogen) atoms. The number of aromatic nitrogens is 8. The SMILES string of the molecule is CCCn1nnnc1CN1C[C@H]2CCCN(c3nnnn3C)[C@@H]2C1. The number of nitrogens with zero attached hydrogens (tertiary/aromatic N) is 10. The number of fused-ring (bicyclic) bond motifs is 1. The first-order valence-electron chi connectivity index (χ1n) is 8.72. The molecule has 4 heterocycles. The second kappa shape index (κ2) is 6.42. The van der Waals surface area contributed by atoms with E-state index in [9.17, 15) is 0 Å². The van der Waals surface area contributed by atoms with Crippen molar-refractivity contribution >= 4 is 5.95 Å². The third-order valence-electron chi connectivity index (χ3n) is 5.12. The summed E-state index contributed by atoms with van der Waals surface area (Å²) in [6, 6.07) is 0.471. The lowest BCUT2D eigenvalue weighted by atomic mass is 9.92. The van der Waals surface area contributed by atoms with E-state index in [0.717, 1.165) is 50.9 Å². The van der Waals surface area contributed by atoms with E-state index in [4.69, 9.17) is 0 Å². The first kappa shape index (κ1) is 15.4. The Bertz CT molecular complexity index is 679. The summed E-state index contributed by atoms with van der Waals surface area (Å²) < 4.78 is 3.69. The second-order valence-electron chi connectivity index (χ2n) is 6.78. The van der Waals surface area contributed by atoms with Crippen molar-refractivity contribution in [1.82, 2.24) is 45.3 Å². The molecule has 0 aliphatic carbocycles. The molecular formula is C14H24N10. The van der Waals surface area contributed by atoms with E-state index >= 15 is 0 Å². The highest BCUT2D eigenvalue weighted by molar-refractivity contribution is 5.32. The Morgan fingerprint density at radius 2 is 2.00 bits per heavy atom. The summed E-state index contributed by atoms with van der Waals surface area (Å²) in [5, 5.41) is 24.1. The molecule has 0 bridgehead atoms. The molecule has 0 spiro atoms. The van der Waals surface area contributed by atoms with Crippen molar-refractivity contribution in [2.45, 2.75) is 45.3 Å². The molecule has 0 aromatic carbocycles. The molecule has 2 aliphatic heterocycles. The second-order valence-corrected chi connectivity index (χ2v) is 6.78. The maximum atomic E-state index is 4.21. The third-order valence-corrected chi connectivity index (χ3v) is 5.12. The lowest BCUT2D eigenvalue weighted by molar-refractivity contribution is 0.297. The maximum Gasteiger partial charge on any atom is 0.245 e. The van der Waals surface area contributed by atoms with Gasteiger partial charge in [0.25, 0.3) is 0 Å². The van der Waals surface area contributed by atoms with Gasteiger partial charge in [-0.2, -0.15) is 0 Å². The number of aryl methyl sites for hydroxylation is 2. The Morgan fingerprint density at radius 1 is 1.12 bits per heavy atom. The van der Waals surface area contributed by atoms with Gasteiger partial charge in [-0.3, -0.25) is 4.90 Å². The fraction of sp³-hybridized carbons (Fsp3) is 0.857. The first-order chi connectivity index (χ1) is 11.8. The molecule has 2 fully saturated rings. The van der Waals surface area contributed by atoms with Gasteiger partial charge in [0.15, 0.2) is 5.82 Å². The van der Waals surface area contributed by atoms with E-state index in [-0.39, 0.29) is 0 Å². The smallest absolute Gasteiger partial charge is 0.245 e. The predicted molar refractivity (Wildman–Crippen MR) is 86.0 cm³/mol. The van der Waals surface area contributed by atoms with E-state index in [2.05, 4.69) is 47.8 Å². The highest BCUT2D eigenvalue weighted by Gasteiger charge is 2.40. The molecule has 2 aromatic heterocycles. The highest BCUT2D eigenvalue weighted by Crippen LogP contribution is 2.33. The average Bonchev–Trinajstić information content (AvgIpc) is 3.28. The molecule has 0 N–H and O–H groups in total. The van der Waals surface area contributed by atoms with Crippen LogP contribution in [0.3, 0.4) is 0 Å². The van der Waals surface area contributed by atoms with Crippen LogP contribution in [0.2, 0.25) is 0 Å². The Morgan fingerprint density at radius 3 is 2.79 bits per heavy atom. The van der Waals surface area contributed by atoms with Crippen LogP contribution in [0.25, 0.3) is 0 Å². The summed E-state index contributed by atoms with van der Waals surface area (Å²) in [5.41, 5.74) is 0. The van der Waals surface area contributed by atoms with Gasteiger partial charge < -0.3 is 4.90 Å². The van der Waals surface area contributed by atoms with Crippen molar-refractivity contribution in [3.63, 3.8) is 0 Å². The van der Waals surface area contributed by atoms with Crippen molar-refractivity contribution in [3.8, 4) is 0 Å². The number of tetrazole rings is 2. The molecule has 0 unspecified atom stereocenters. The summed E-state index contributed by atoms with van der Waals surface area (Å²) in [4.78, 5) is 4.85. The van der Waals surface area contributed by atoms with Crippen LogP contribution in [-0.2, 0) is 20.1 Å². The minimum atomic E-state index is 0.471. The van der Waals surface area contributed by atoms with Gasteiger partial charge in [0.05, 0.1) is 6.54 Å². The molecule has 2 atom stereocenters. The maximum absolute atomic E-state index is 4.21. The lowest BCUT2D eigenvalue weighted by Crippen LogP contribution is -2.46. The number of hydrogen-bond acceptors (Lipinski definition) is 8. The van der Waals surface area contributed by atoms with E-state index in [1.54, 1.807) is 4.68 Å². The number of rotatable bonds is 5. The zero-order valence-corrected chi connectivity index (χ0v) is 14.3. The van der Waals surface area contributed by atoms with Crippen molar-refractivity contribution in [2.24, 2.45) is 13.0 Å². The fourth-order valence-electron chi connectivity index (χ4n) is 4.04. The third kappa shape index (κ3) is 2.74. The van der Waals surface area contributed by atoms with Gasteiger partial charge in [-0.15, -0.1) is 5.10 Å². The van der Waals surface area contributed by atoms with Gasteiger partial charge in [-0.1, -0.05) is 12.0 Å². The van der Waals surface area contributed by atoms with Crippen LogP contribution in [0.15, 0.2) is 0 Å². The van der Waals surface area contributed by atoms with Crippen LogP contribution in [0.1, 0.15) is 32.0 Å². The first-order valence-corrected chi connectivity index (χ1v) is 8.72. The molecule has 0 radical (unpaired) electrons. The van der Waals surface area contributed by atoms with Gasteiger partial charge in [0.1, 0.15) is 0 Å². The van der Waals surface area contributed by atoms with Gasteiger partial charge in [-0.05, 0) is 46.0 Å². The van der Waals surface area contributed by atoms with Crippen molar-refractivity contribution in [3.05, 3.63) is 5.82 Å². The molecule has 10 nitrogen and oxygen atoms in total. The Balaban J connectivity index is 1.48. The molecule has 2 aromatic rings. The summed E-state index contributed by atoms with van der Waals surface area (Å²) >= 11 is 0. The number of anilines is 1. The number of likely N-dealkylation sites (tertiary alicyclic amines) is 1. The van der Waals surface area contributed by atoms with E-state index in [0.29, 0.717) is 12.0 Å². The fourth-order valence-corrected chi connectivity index (χ4v) is 4.04. The summed E-state index contributed by atoms with van der Waals surface area (Å²) in [6.45, 7) is 6.95. The monoisotopic (exact) mass is 332 g/mol. The zero-order valence-electron chi connectivity index (χ0n) is 14.3. The molecule has 0 saturated carbocycles. The molecule has 130 valence electrons. The molecule has 2 saturated heterocycles. The van der Waals surface area contributed by atoms with Gasteiger partial charge in [-0.25, -0.2) is 9.36 Å². The van der Waals surface area contributed by atoms with Gasteiger partial charge in [0, 0.05) is 39.3 Å². The Kier molecular flexibility index (Phi) is 4.13. The Labute approximate surface area is 140 Å². The van der Waals surface area contributed by atoms with E-state index < -0.39 is 0 Å². The topological polar surface area (TPSA) is 93.7 Å². The standard InChI is InChI=1S/C14H24N10/c1-3-6-24-13(15-17-20-24)10-22-8-11-5-4-7-23(12(11)9-22)14-16-18-19-21(14)2/h11-12H,3-10H2,1-2H3/t11-,12-/m1/s1. The largest absolute Gasteiger partial charge is 0.335 e. The van der Waals surface area contributed by atoms with Gasteiger partial charge >= 0.3 is 0 Å². The van der Waals surface area contributed by atoms with Crippen LogP contribution in [0, 0.1) is 5.92 Å². The van der Waals surface area contributed by atoms with Crippen molar-refractivity contribution in [1.29, 1.82) is 0 Å². The quantitative estimate of drug-likeness (QED) is 0.737. The molecular weight excluding hydrogens is 308 g/mol. The van der Waals surface area contributed by atoms with Gasteiger partial charge in [0.2, 0.25) is 5.95 Å². The average molecular weight is 332 g/mol. The summed E-state index contributed by atoms with van der Waals surface area (Å²) in [5.74, 6) is 2.50. The van der Waals surface area contributed by atoms with Crippen LogP contribution in [0.4, 0.5) is 5.95 Å². The molecule has 2 aliphatic rings. The normalized spacial score (nSPS) is 24.5. The zero-order chi connectivity index (χ0) is 16.5. The van der Waals surface area contributed by atoms with Crippen LogP contribution in [-0.4, -0.2) is 71.0 Å².